The van der Waals surface area contributed by atoms with Crippen molar-refractivity contribution in [3.05, 3.63) is 54.0 Å². The van der Waals surface area contributed by atoms with Gasteiger partial charge in [-0.15, -0.1) is 4.72 Å². The van der Waals surface area contributed by atoms with Crippen molar-refractivity contribution in [3.8, 4) is 11.1 Å². The van der Waals surface area contributed by atoms with E-state index in [1.54, 1.807) is 43.7 Å². The Hall–Kier alpha value is -2.17. The van der Waals surface area contributed by atoms with Crippen LogP contribution in [-0.4, -0.2) is 25.3 Å². The molecule has 1 N–H and O–H groups in total. The zero-order valence-electron chi connectivity index (χ0n) is 20.5. The van der Waals surface area contributed by atoms with Gasteiger partial charge in [-0.3, -0.25) is 4.98 Å². The fourth-order valence-corrected chi connectivity index (χ4v) is 4.60. The maximum absolute atomic E-state index is 14.2. The van der Waals surface area contributed by atoms with Crippen LogP contribution in [0.1, 0.15) is 58.8 Å². The normalized spacial score (nSPS) is 15.1. The van der Waals surface area contributed by atoms with Crippen LogP contribution in [-0.2, 0) is 24.1 Å². The van der Waals surface area contributed by atoms with E-state index in [-0.39, 0.29) is 22.1 Å². The summed E-state index contributed by atoms with van der Waals surface area (Å²) in [4.78, 5) is 3.53. The van der Waals surface area contributed by atoms with E-state index in [4.69, 9.17) is 0 Å². The molecule has 0 unspecified atom stereocenters. The number of nitrogens with one attached hydrogen (secondary N) is 1. The maximum atomic E-state index is 14.2. The van der Waals surface area contributed by atoms with Crippen molar-refractivity contribution < 1.29 is 26.5 Å². The number of fused-ring (bicyclic) bond motifs is 1. The fraction of sp³-hybridized carbons (Fsp3) is 0.480. The molecule has 2 aromatic heterocycles. The third-order valence-corrected chi connectivity index (χ3v) is 6.90. The Bertz CT molecular complexity index is 1180. The van der Waals surface area contributed by atoms with Crippen molar-refractivity contribution in [2.24, 2.45) is 5.41 Å². The topological polar surface area (TPSA) is 52.9 Å². The molecule has 0 saturated heterocycles. The van der Waals surface area contributed by atoms with E-state index in [0.717, 1.165) is 6.20 Å². The molecule has 192 valence electrons. The summed E-state index contributed by atoms with van der Waals surface area (Å²) in [5.41, 5.74) is -0.320. The van der Waals surface area contributed by atoms with Crippen LogP contribution in [0.2, 0.25) is 0 Å². The smallest absolute Gasteiger partial charge is 0.433 e. The molecule has 2 heterocycles. The molecule has 0 amide bonds. The summed E-state index contributed by atoms with van der Waals surface area (Å²) in [5.74, 6) is 0. The number of aromatic nitrogens is 2. The number of nitrogens with zero attached hydrogens (tertiary/aromatic N) is 2. The first-order valence-corrected chi connectivity index (χ1v) is 12.3. The van der Waals surface area contributed by atoms with Crippen LogP contribution in [0.4, 0.5) is 22.0 Å². The lowest BCUT2D eigenvalue weighted by Gasteiger charge is -2.27. The van der Waals surface area contributed by atoms with Crippen LogP contribution in [0.15, 0.2) is 42.7 Å². The Morgan fingerprint density at radius 3 is 2.26 bits per heavy atom. The summed E-state index contributed by atoms with van der Waals surface area (Å²) in [6.45, 7) is 11.4. The summed E-state index contributed by atoms with van der Waals surface area (Å²) in [5, 5.41) is 0.458. The Balaban J connectivity index is 2.21. The molecule has 3 aromatic rings. The highest BCUT2D eigenvalue weighted by Crippen LogP contribution is 2.39. The van der Waals surface area contributed by atoms with Gasteiger partial charge in [-0.2, -0.15) is 13.2 Å². The average molecular weight is 516 g/mol. The molecule has 0 spiro atoms. The number of hydrogen-bond acceptors (Lipinski definition) is 3. The molecule has 0 saturated carbocycles. The summed E-state index contributed by atoms with van der Waals surface area (Å²) in [7, 11) is 0. The predicted octanol–water partition coefficient (Wildman–Crippen LogP) is 7.13. The van der Waals surface area contributed by atoms with Crippen molar-refractivity contribution in [3.63, 3.8) is 0 Å². The standard InChI is InChI=1S/C25H30F5N3OS/c1-23(2,3)14-33-13-18(20(22(26)27)32-35(34)24(4,5)6)17-10-9-15(12-19(17)33)16-8-7-11-31-21(16)25(28,29)30/h7-13,20,22,32H,14H2,1-6H3/t20-,35-/m0/s1. The lowest BCUT2D eigenvalue weighted by Crippen LogP contribution is -2.43. The molecular weight excluding hydrogens is 485 g/mol. The van der Waals surface area contributed by atoms with Crippen molar-refractivity contribution in [2.45, 2.75) is 71.5 Å². The highest BCUT2D eigenvalue weighted by molar-refractivity contribution is 7.90. The van der Waals surface area contributed by atoms with E-state index in [0.29, 0.717) is 17.4 Å². The largest absolute Gasteiger partial charge is 0.598 e. The minimum Gasteiger partial charge on any atom is -0.598 e. The van der Waals surface area contributed by atoms with Crippen LogP contribution in [0.3, 0.4) is 0 Å². The number of alkyl halides is 5. The second-order valence-corrected chi connectivity index (χ2v) is 12.7. The van der Waals surface area contributed by atoms with Gasteiger partial charge in [-0.1, -0.05) is 39.0 Å². The molecule has 0 radical (unpaired) electrons. The van der Waals surface area contributed by atoms with Gasteiger partial charge in [0, 0.05) is 52.3 Å². The van der Waals surface area contributed by atoms with Crippen LogP contribution in [0.25, 0.3) is 22.0 Å². The zero-order chi connectivity index (χ0) is 26.3. The second kappa shape index (κ2) is 9.71. The van der Waals surface area contributed by atoms with Crippen molar-refractivity contribution in [1.82, 2.24) is 14.3 Å². The third-order valence-electron chi connectivity index (χ3n) is 5.32. The Morgan fingerprint density at radius 1 is 1.06 bits per heavy atom. The van der Waals surface area contributed by atoms with Gasteiger partial charge in [0.05, 0.1) is 0 Å². The molecule has 2 atom stereocenters. The van der Waals surface area contributed by atoms with Crippen LogP contribution in [0, 0.1) is 5.41 Å². The van der Waals surface area contributed by atoms with Crippen molar-refractivity contribution in [1.29, 1.82) is 0 Å². The molecule has 35 heavy (non-hydrogen) atoms. The lowest BCUT2D eigenvalue weighted by atomic mass is 9.96. The second-order valence-electron chi connectivity index (χ2n) is 10.7. The molecule has 4 nitrogen and oxygen atoms in total. The summed E-state index contributed by atoms with van der Waals surface area (Å²) in [6.07, 6.45) is -4.84. The van der Waals surface area contributed by atoms with Crippen LogP contribution >= 0.6 is 0 Å². The van der Waals surface area contributed by atoms with Crippen molar-refractivity contribution in [2.75, 3.05) is 0 Å². The Morgan fingerprint density at radius 2 is 1.71 bits per heavy atom. The molecule has 1 aromatic carbocycles. The molecule has 0 aliphatic heterocycles. The van der Waals surface area contributed by atoms with Gasteiger partial charge < -0.3 is 9.12 Å². The maximum Gasteiger partial charge on any atom is 0.433 e. The van der Waals surface area contributed by atoms with Gasteiger partial charge in [-0.05, 0) is 43.9 Å². The number of rotatable bonds is 6. The molecule has 10 heteroatoms. The van der Waals surface area contributed by atoms with Crippen LogP contribution < -0.4 is 4.72 Å². The molecule has 0 bridgehead atoms. The van der Waals surface area contributed by atoms with Gasteiger partial charge >= 0.3 is 6.18 Å². The molecule has 0 fully saturated rings. The Labute approximate surface area is 205 Å². The summed E-state index contributed by atoms with van der Waals surface area (Å²) in [6, 6.07) is 5.83. The monoisotopic (exact) mass is 515 g/mol. The first-order valence-electron chi connectivity index (χ1n) is 11.1. The highest BCUT2D eigenvalue weighted by atomic mass is 32.2. The third kappa shape index (κ3) is 6.34. The van der Waals surface area contributed by atoms with Gasteiger partial charge in [0.25, 0.3) is 6.43 Å². The number of benzene rings is 1. The first-order chi connectivity index (χ1) is 16.0. The van der Waals surface area contributed by atoms with E-state index in [1.165, 1.54) is 18.2 Å². The van der Waals surface area contributed by atoms with Gasteiger partial charge in [-0.25, -0.2) is 8.78 Å². The quantitative estimate of drug-likeness (QED) is 0.281. The van der Waals surface area contributed by atoms with E-state index >= 15 is 0 Å². The number of halogens is 5. The minimum absolute atomic E-state index is 0.0932. The van der Waals surface area contributed by atoms with Gasteiger partial charge in [0.2, 0.25) is 0 Å². The summed E-state index contributed by atoms with van der Waals surface area (Å²) < 4.78 is 85.3. The van der Waals surface area contributed by atoms with Crippen molar-refractivity contribution >= 4 is 22.3 Å². The summed E-state index contributed by atoms with van der Waals surface area (Å²) >= 11 is -1.76. The van der Waals surface area contributed by atoms with E-state index in [2.05, 4.69) is 9.71 Å². The first kappa shape index (κ1) is 27.4. The highest BCUT2D eigenvalue weighted by Gasteiger charge is 2.37. The van der Waals surface area contributed by atoms with E-state index in [9.17, 15) is 26.5 Å². The Kier molecular flexibility index (Phi) is 7.60. The zero-order valence-corrected chi connectivity index (χ0v) is 21.3. The average Bonchev–Trinajstić information content (AvgIpc) is 3.06. The molecule has 0 aliphatic rings. The number of pyridine rings is 1. The molecular formula is C25H30F5N3OS. The number of hydrogen-bond donors (Lipinski definition) is 1. The van der Waals surface area contributed by atoms with Crippen LogP contribution in [0.5, 0.6) is 0 Å². The predicted molar refractivity (Wildman–Crippen MR) is 129 cm³/mol. The molecule has 3 rings (SSSR count). The van der Waals surface area contributed by atoms with Gasteiger partial charge in [0.1, 0.15) is 10.8 Å². The van der Waals surface area contributed by atoms with E-state index in [1.807, 2.05) is 20.8 Å². The van der Waals surface area contributed by atoms with Gasteiger partial charge in [0.15, 0.2) is 5.69 Å². The fourth-order valence-electron chi connectivity index (χ4n) is 3.78. The molecule has 0 aliphatic carbocycles. The lowest BCUT2D eigenvalue weighted by molar-refractivity contribution is -0.140. The SMILES string of the molecule is CC(C)(C)Cn1cc([C@H](N[S@@+]([O-])C(C)(C)C)C(F)F)c2ccc(-c3cccnc3C(F)(F)F)cc21. The minimum atomic E-state index is -4.65. The van der Waals surface area contributed by atoms with E-state index < -0.39 is 40.4 Å².